The molecule has 8 nitrogen and oxygen atoms in total. The predicted molar refractivity (Wildman–Crippen MR) is 124 cm³/mol. The van der Waals surface area contributed by atoms with Gasteiger partial charge in [-0.3, -0.25) is 9.67 Å². The van der Waals surface area contributed by atoms with E-state index < -0.39 is 0 Å². The van der Waals surface area contributed by atoms with Crippen LogP contribution in [0.5, 0.6) is 0 Å². The van der Waals surface area contributed by atoms with Crippen molar-refractivity contribution < 1.29 is 0 Å². The lowest BCUT2D eigenvalue weighted by molar-refractivity contribution is 0.253. The average molecular weight is 422 g/mol. The van der Waals surface area contributed by atoms with Gasteiger partial charge in [-0.25, -0.2) is 15.0 Å². The van der Waals surface area contributed by atoms with E-state index in [1.54, 1.807) is 12.4 Å². The number of hydrogen-bond donors (Lipinski definition) is 3. The standard InChI is InChI=1S/C24H22N8/c25-21-17(3-1-13-27-21)22-30-20-9-8-18(19-10-14-28-31-19)29-23(20)32(22)16-6-4-15(5-7-16)24(26)11-2-12-24/h1,3-10,13-14H,2,11-12,26H2,(H2,25,27)(H,28,31). The molecular formula is C24H22N8. The molecule has 0 saturated heterocycles. The number of hydrogen-bond acceptors (Lipinski definition) is 6. The third-order valence-corrected chi connectivity index (χ3v) is 6.31. The van der Waals surface area contributed by atoms with E-state index >= 15 is 0 Å². The zero-order chi connectivity index (χ0) is 21.7. The number of aromatic amines is 1. The third-order valence-electron chi connectivity index (χ3n) is 6.31. The number of aromatic nitrogens is 6. The first kappa shape index (κ1) is 18.7. The van der Waals surface area contributed by atoms with E-state index in [2.05, 4.69) is 39.4 Å². The van der Waals surface area contributed by atoms with Crippen LogP contribution in [0, 0.1) is 0 Å². The van der Waals surface area contributed by atoms with Crippen molar-refractivity contribution in [3.8, 4) is 28.5 Å². The highest BCUT2D eigenvalue weighted by Gasteiger charge is 2.34. The first-order valence-corrected chi connectivity index (χ1v) is 10.6. The minimum atomic E-state index is -0.210. The third kappa shape index (κ3) is 2.88. The number of imidazole rings is 1. The number of pyridine rings is 2. The molecule has 158 valence electrons. The molecule has 5 N–H and O–H groups in total. The number of rotatable bonds is 4. The zero-order valence-electron chi connectivity index (χ0n) is 17.4. The summed E-state index contributed by atoms with van der Waals surface area (Å²) in [4.78, 5) is 14.0. The molecular weight excluding hydrogens is 400 g/mol. The highest BCUT2D eigenvalue weighted by Crippen LogP contribution is 2.39. The maximum absolute atomic E-state index is 6.53. The van der Waals surface area contributed by atoms with E-state index in [1.807, 2.05) is 34.9 Å². The summed E-state index contributed by atoms with van der Waals surface area (Å²) >= 11 is 0. The van der Waals surface area contributed by atoms with Crippen molar-refractivity contribution in [2.45, 2.75) is 24.8 Å². The second kappa shape index (κ2) is 7.00. The van der Waals surface area contributed by atoms with Gasteiger partial charge in [0.1, 0.15) is 11.3 Å². The minimum Gasteiger partial charge on any atom is -0.383 e. The Balaban J connectivity index is 1.57. The smallest absolute Gasteiger partial charge is 0.165 e. The molecule has 4 aromatic heterocycles. The monoisotopic (exact) mass is 422 g/mol. The van der Waals surface area contributed by atoms with Gasteiger partial charge >= 0.3 is 0 Å². The molecule has 0 atom stereocenters. The average Bonchev–Trinajstić information content (AvgIpc) is 3.46. The molecule has 32 heavy (non-hydrogen) atoms. The van der Waals surface area contributed by atoms with E-state index in [4.69, 9.17) is 21.4 Å². The van der Waals surface area contributed by atoms with E-state index in [0.29, 0.717) is 11.6 Å². The number of nitrogen functional groups attached to an aromatic ring is 1. The van der Waals surface area contributed by atoms with Crippen molar-refractivity contribution in [1.82, 2.24) is 29.7 Å². The highest BCUT2D eigenvalue weighted by atomic mass is 15.2. The zero-order valence-corrected chi connectivity index (χ0v) is 17.4. The second-order valence-corrected chi connectivity index (χ2v) is 8.27. The van der Waals surface area contributed by atoms with Crippen molar-refractivity contribution in [2.24, 2.45) is 5.73 Å². The fraction of sp³-hybridized carbons (Fsp3) is 0.167. The van der Waals surface area contributed by atoms with Gasteiger partial charge in [-0.05, 0) is 67.3 Å². The Morgan fingerprint density at radius 1 is 0.938 bits per heavy atom. The lowest BCUT2D eigenvalue weighted by Crippen LogP contribution is -2.43. The number of nitrogens with one attached hydrogen (secondary N) is 1. The molecule has 5 aromatic rings. The summed E-state index contributed by atoms with van der Waals surface area (Å²) in [5, 5.41) is 7.02. The topological polar surface area (TPSA) is 124 Å². The van der Waals surface area contributed by atoms with Crippen LogP contribution >= 0.6 is 0 Å². The predicted octanol–water partition coefficient (Wildman–Crippen LogP) is 3.79. The molecule has 4 heterocycles. The minimum absolute atomic E-state index is 0.210. The van der Waals surface area contributed by atoms with Crippen molar-refractivity contribution >= 4 is 17.0 Å². The summed E-state index contributed by atoms with van der Waals surface area (Å²) in [6, 6.07) is 17.9. The molecule has 0 radical (unpaired) electrons. The quantitative estimate of drug-likeness (QED) is 0.405. The van der Waals surface area contributed by atoms with Crippen LogP contribution in [0.25, 0.3) is 39.6 Å². The second-order valence-electron chi connectivity index (χ2n) is 8.27. The molecule has 1 saturated carbocycles. The molecule has 0 spiro atoms. The molecule has 1 fully saturated rings. The first-order chi connectivity index (χ1) is 15.6. The Labute approximate surface area is 184 Å². The SMILES string of the molecule is Nc1ncccc1-c1nc2ccc(-c3ccn[nH]3)nc2n1-c1ccc(C2(N)CCC2)cc1. The van der Waals surface area contributed by atoms with Gasteiger partial charge < -0.3 is 11.5 Å². The molecule has 1 aliphatic carbocycles. The molecule has 0 aliphatic heterocycles. The van der Waals surface area contributed by atoms with Gasteiger partial charge in [0, 0.05) is 23.6 Å². The van der Waals surface area contributed by atoms with Crippen molar-refractivity contribution in [2.75, 3.05) is 5.73 Å². The lowest BCUT2D eigenvalue weighted by Gasteiger charge is -2.38. The van der Waals surface area contributed by atoms with Crippen molar-refractivity contribution in [3.05, 3.63) is 72.6 Å². The highest BCUT2D eigenvalue weighted by molar-refractivity contribution is 5.84. The Bertz CT molecular complexity index is 1410. The van der Waals surface area contributed by atoms with Crippen LogP contribution in [0.2, 0.25) is 0 Å². The van der Waals surface area contributed by atoms with Crippen LogP contribution in [0.4, 0.5) is 5.82 Å². The Kier molecular flexibility index (Phi) is 4.09. The number of H-pyrrole nitrogens is 1. The van der Waals surface area contributed by atoms with Crippen LogP contribution in [0.1, 0.15) is 24.8 Å². The normalized spacial score (nSPS) is 15.0. The van der Waals surface area contributed by atoms with Crippen LogP contribution in [0.3, 0.4) is 0 Å². The van der Waals surface area contributed by atoms with Gasteiger partial charge in [0.2, 0.25) is 0 Å². The lowest BCUT2D eigenvalue weighted by atomic mass is 9.73. The molecule has 6 rings (SSSR count). The summed E-state index contributed by atoms with van der Waals surface area (Å²) in [7, 11) is 0. The van der Waals surface area contributed by atoms with Gasteiger partial charge in [0.15, 0.2) is 11.5 Å². The number of nitrogens with zero attached hydrogens (tertiary/aromatic N) is 5. The number of fused-ring (bicyclic) bond motifs is 1. The Morgan fingerprint density at radius 2 is 1.78 bits per heavy atom. The molecule has 0 unspecified atom stereocenters. The first-order valence-electron chi connectivity index (χ1n) is 10.6. The van der Waals surface area contributed by atoms with Crippen molar-refractivity contribution in [3.63, 3.8) is 0 Å². The van der Waals surface area contributed by atoms with Crippen LogP contribution in [0.15, 0.2) is 67.0 Å². The van der Waals surface area contributed by atoms with Crippen molar-refractivity contribution in [1.29, 1.82) is 0 Å². The van der Waals surface area contributed by atoms with E-state index in [9.17, 15) is 0 Å². The Hall–Kier alpha value is -4.04. The summed E-state index contributed by atoms with van der Waals surface area (Å²) in [6.07, 6.45) is 6.60. The fourth-order valence-corrected chi connectivity index (χ4v) is 4.33. The number of anilines is 1. The largest absolute Gasteiger partial charge is 0.383 e. The molecule has 1 aliphatic rings. The van der Waals surface area contributed by atoms with Gasteiger partial charge in [-0.2, -0.15) is 5.10 Å². The number of benzene rings is 1. The van der Waals surface area contributed by atoms with Gasteiger partial charge in [-0.1, -0.05) is 12.1 Å². The van der Waals surface area contributed by atoms with Gasteiger partial charge in [0.25, 0.3) is 0 Å². The van der Waals surface area contributed by atoms with Crippen LogP contribution in [-0.2, 0) is 5.54 Å². The summed E-state index contributed by atoms with van der Waals surface area (Å²) in [5.74, 6) is 1.11. The summed E-state index contributed by atoms with van der Waals surface area (Å²) < 4.78 is 2.02. The molecule has 8 heteroatoms. The van der Waals surface area contributed by atoms with Crippen LogP contribution in [-0.4, -0.2) is 29.7 Å². The maximum Gasteiger partial charge on any atom is 0.165 e. The molecule has 0 amide bonds. The molecule has 1 aromatic carbocycles. The summed E-state index contributed by atoms with van der Waals surface area (Å²) in [5.41, 5.74) is 18.5. The number of nitrogens with two attached hydrogens (primary N) is 2. The molecule has 0 bridgehead atoms. The van der Waals surface area contributed by atoms with Gasteiger partial charge in [-0.15, -0.1) is 0 Å². The van der Waals surface area contributed by atoms with Gasteiger partial charge in [0.05, 0.1) is 17.0 Å². The van der Waals surface area contributed by atoms with E-state index in [0.717, 1.165) is 52.2 Å². The Morgan fingerprint density at radius 3 is 2.47 bits per heavy atom. The van der Waals surface area contributed by atoms with Crippen LogP contribution < -0.4 is 11.5 Å². The van der Waals surface area contributed by atoms with E-state index in [-0.39, 0.29) is 5.54 Å². The maximum atomic E-state index is 6.53. The summed E-state index contributed by atoms with van der Waals surface area (Å²) in [6.45, 7) is 0. The van der Waals surface area contributed by atoms with E-state index in [1.165, 1.54) is 6.42 Å². The fourth-order valence-electron chi connectivity index (χ4n) is 4.33.